The number of nitrogens with one attached hydrogen (secondary N) is 3. The Morgan fingerprint density at radius 2 is 1.79 bits per heavy atom. The molecule has 0 radical (unpaired) electrons. The van der Waals surface area contributed by atoms with Crippen LogP contribution >= 0.6 is 0 Å². The van der Waals surface area contributed by atoms with E-state index in [-0.39, 0.29) is 24.1 Å². The largest absolute Gasteiger partial charge is 0.343 e. The maximum atomic E-state index is 14.1. The summed E-state index contributed by atoms with van der Waals surface area (Å²) < 4.78 is 28.3. The number of anilines is 2. The maximum absolute atomic E-state index is 14.1. The van der Waals surface area contributed by atoms with E-state index in [1.54, 1.807) is 32.9 Å². The predicted octanol–water partition coefficient (Wildman–Crippen LogP) is 2.40. The van der Waals surface area contributed by atoms with Crippen LogP contribution in [0.1, 0.15) is 33.3 Å². The Balaban J connectivity index is 1.92. The first-order chi connectivity index (χ1) is 16.1. The van der Waals surface area contributed by atoms with Crippen molar-refractivity contribution in [2.45, 2.75) is 52.2 Å². The fourth-order valence-electron chi connectivity index (χ4n) is 3.89. The van der Waals surface area contributed by atoms with Crippen molar-refractivity contribution < 1.29 is 23.2 Å². The molecule has 0 saturated heterocycles. The van der Waals surface area contributed by atoms with Gasteiger partial charge in [0.1, 0.15) is 35.2 Å². The van der Waals surface area contributed by atoms with E-state index in [2.05, 4.69) is 20.9 Å². The summed E-state index contributed by atoms with van der Waals surface area (Å²) in [6, 6.07) is 4.10. The van der Waals surface area contributed by atoms with E-state index in [0.717, 1.165) is 12.1 Å². The van der Waals surface area contributed by atoms with Crippen molar-refractivity contribution in [3.05, 3.63) is 53.7 Å². The fraction of sp³-hybridized carbons (Fsp3) is 0.417. The molecule has 3 unspecified atom stereocenters. The second-order valence-electron chi connectivity index (χ2n) is 8.51. The summed E-state index contributed by atoms with van der Waals surface area (Å²) in [4.78, 5) is 44.9. The van der Waals surface area contributed by atoms with Crippen LogP contribution in [-0.2, 0) is 20.8 Å². The van der Waals surface area contributed by atoms with E-state index in [1.165, 1.54) is 17.2 Å². The molecule has 1 aromatic carbocycles. The number of aromatic nitrogens is 1. The van der Waals surface area contributed by atoms with Crippen LogP contribution in [0.4, 0.5) is 20.3 Å². The van der Waals surface area contributed by atoms with Gasteiger partial charge >= 0.3 is 0 Å². The average Bonchev–Trinajstić information content (AvgIpc) is 3.19. The molecule has 2 aromatic rings. The molecule has 3 atom stereocenters. The van der Waals surface area contributed by atoms with Gasteiger partial charge in [-0.2, -0.15) is 0 Å². The summed E-state index contributed by atoms with van der Waals surface area (Å²) in [6.45, 7) is 7.68. The molecule has 182 valence electrons. The Morgan fingerprint density at radius 3 is 2.41 bits per heavy atom. The Hall–Kier alpha value is -3.40. The predicted molar refractivity (Wildman–Crippen MR) is 124 cm³/mol. The number of amides is 3. The number of carbonyl (C=O) groups is 3. The molecule has 0 bridgehead atoms. The molecule has 8 nitrogen and oxygen atoms in total. The number of likely N-dealkylation sites (N-methyl/N-ethyl adjacent to an activating group) is 1. The van der Waals surface area contributed by atoms with Gasteiger partial charge in [0.15, 0.2) is 0 Å². The number of pyridine rings is 1. The normalized spacial score (nSPS) is 16.7. The summed E-state index contributed by atoms with van der Waals surface area (Å²) in [7, 11) is 0. The van der Waals surface area contributed by atoms with Gasteiger partial charge in [0.25, 0.3) is 5.91 Å². The van der Waals surface area contributed by atoms with E-state index >= 15 is 0 Å². The van der Waals surface area contributed by atoms with E-state index in [1.807, 2.05) is 6.92 Å². The minimum Gasteiger partial charge on any atom is -0.343 e. The molecular weight excluding hydrogens is 444 g/mol. The lowest BCUT2D eigenvalue weighted by Gasteiger charge is -2.31. The SMILES string of the molecule is CCNC(C)C(=O)NC(C(=O)N1c2ncccc2CC1C(=O)Nc1c(F)cccc1F)C(C)C. The summed E-state index contributed by atoms with van der Waals surface area (Å²) in [5.74, 6) is -3.52. The molecule has 0 fully saturated rings. The number of hydrogen-bond donors (Lipinski definition) is 3. The van der Waals surface area contributed by atoms with Gasteiger partial charge in [-0.1, -0.05) is 32.9 Å². The van der Waals surface area contributed by atoms with Gasteiger partial charge in [0.2, 0.25) is 11.8 Å². The molecule has 1 aliphatic heterocycles. The number of hydrogen-bond acceptors (Lipinski definition) is 5. The lowest BCUT2D eigenvalue weighted by Crippen LogP contribution is -2.58. The molecule has 0 saturated carbocycles. The molecule has 3 N–H and O–H groups in total. The highest BCUT2D eigenvalue weighted by atomic mass is 19.1. The van der Waals surface area contributed by atoms with Crippen molar-refractivity contribution in [1.82, 2.24) is 15.6 Å². The zero-order valence-electron chi connectivity index (χ0n) is 19.6. The number of carbonyl (C=O) groups excluding carboxylic acids is 3. The van der Waals surface area contributed by atoms with Gasteiger partial charge in [-0.15, -0.1) is 0 Å². The van der Waals surface area contributed by atoms with Gasteiger partial charge in [0.05, 0.1) is 6.04 Å². The molecule has 0 aliphatic carbocycles. The van der Waals surface area contributed by atoms with E-state index < -0.39 is 47.3 Å². The van der Waals surface area contributed by atoms with E-state index in [9.17, 15) is 23.2 Å². The van der Waals surface area contributed by atoms with Gasteiger partial charge in [0, 0.05) is 12.6 Å². The first-order valence-electron chi connectivity index (χ1n) is 11.2. The smallest absolute Gasteiger partial charge is 0.251 e. The van der Waals surface area contributed by atoms with Crippen LogP contribution in [0.25, 0.3) is 0 Å². The minimum atomic E-state index is -1.10. The number of benzene rings is 1. The third-order valence-electron chi connectivity index (χ3n) is 5.71. The van der Waals surface area contributed by atoms with E-state index in [4.69, 9.17) is 0 Å². The van der Waals surface area contributed by atoms with Gasteiger partial charge < -0.3 is 16.0 Å². The summed E-state index contributed by atoms with van der Waals surface area (Å²) in [5.41, 5.74) is 0.0526. The Morgan fingerprint density at radius 1 is 1.12 bits per heavy atom. The molecular formula is C24H29F2N5O3. The second-order valence-corrected chi connectivity index (χ2v) is 8.51. The first kappa shape index (κ1) is 25.2. The molecule has 0 spiro atoms. The molecule has 3 rings (SSSR count). The zero-order chi connectivity index (χ0) is 25.0. The maximum Gasteiger partial charge on any atom is 0.251 e. The third kappa shape index (κ3) is 5.22. The van der Waals surface area contributed by atoms with E-state index in [0.29, 0.717) is 12.1 Å². The van der Waals surface area contributed by atoms with Crippen LogP contribution in [-0.4, -0.2) is 47.4 Å². The molecule has 2 heterocycles. The van der Waals surface area contributed by atoms with Crippen LogP contribution < -0.4 is 20.9 Å². The number of fused-ring (bicyclic) bond motifs is 1. The topological polar surface area (TPSA) is 103 Å². The number of halogens is 2. The summed E-state index contributed by atoms with van der Waals surface area (Å²) in [5, 5.41) is 8.03. The standard InChI is InChI=1S/C24H29F2N5O3/c1-5-27-14(4)22(32)29-19(13(2)3)24(34)31-18(12-15-8-7-11-28-21(15)31)23(33)30-20-16(25)9-6-10-17(20)26/h6-11,13-14,18-19,27H,5,12H2,1-4H3,(H,29,32)(H,30,33). The second kappa shape index (κ2) is 10.7. The van der Waals surface area contributed by atoms with Crippen molar-refractivity contribution in [3.63, 3.8) is 0 Å². The van der Waals surface area contributed by atoms with Crippen LogP contribution in [0.15, 0.2) is 36.5 Å². The highest BCUT2D eigenvalue weighted by molar-refractivity contribution is 6.09. The van der Waals surface area contributed by atoms with Crippen molar-refractivity contribution in [3.8, 4) is 0 Å². The lowest BCUT2D eigenvalue weighted by molar-refractivity contribution is -0.130. The Kier molecular flexibility index (Phi) is 7.93. The molecule has 1 aliphatic rings. The fourth-order valence-corrected chi connectivity index (χ4v) is 3.89. The van der Waals surface area contributed by atoms with Gasteiger partial charge in [-0.3, -0.25) is 19.3 Å². The molecule has 1 aromatic heterocycles. The van der Waals surface area contributed by atoms with Crippen LogP contribution in [0.2, 0.25) is 0 Å². The molecule has 10 heteroatoms. The Labute approximate surface area is 197 Å². The zero-order valence-corrected chi connectivity index (χ0v) is 19.6. The van der Waals surface area contributed by atoms with Crippen LogP contribution in [0, 0.1) is 17.6 Å². The lowest BCUT2D eigenvalue weighted by atomic mass is 10.0. The first-order valence-corrected chi connectivity index (χ1v) is 11.2. The summed E-state index contributed by atoms with van der Waals surface area (Å²) >= 11 is 0. The van der Waals surface area contributed by atoms with Crippen molar-refractivity contribution in [2.24, 2.45) is 5.92 Å². The Bertz CT molecular complexity index is 1060. The van der Waals surface area contributed by atoms with Crippen molar-refractivity contribution in [2.75, 3.05) is 16.8 Å². The molecule has 3 amide bonds. The quantitative estimate of drug-likeness (QED) is 0.546. The highest BCUT2D eigenvalue weighted by Gasteiger charge is 2.43. The van der Waals surface area contributed by atoms with Crippen LogP contribution in [0.3, 0.4) is 0 Å². The van der Waals surface area contributed by atoms with Gasteiger partial charge in [-0.25, -0.2) is 13.8 Å². The summed E-state index contributed by atoms with van der Waals surface area (Å²) in [6.07, 6.45) is 1.61. The third-order valence-corrected chi connectivity index (χ3v) is 5.71. The van der Waals surface area contributed by atoms with Gasteiger partial charge in [-0.05, 0) is 43.1 Å². The average molecular weight is 474 g/mol. The van der Waals surface area contributed by atoms with Crippen molar-refractivity contribution >= 4 is 29.2 Å². The van der Waals surface area contributed by atoms with Crippen LogP contribution in [0.5, 0.6) is 0 Å². The monoisotopic (exact) mass is 473 g/mol. The number of rotatable bonds is 8. The number of nitrogens with zero attached hydrogens (tertiary/aromatic N) is 2. The van der Waals surface area contributed by atoms with Crippen molar-refractivity contribution in [1.29, 1.82) is 0 Å². The highest BCUT2D eigenvalue weighted by Crippen LogP contribution is 2.32. The minimum absolute atomic E-state index is 0.114. The molecule has 34 heavy (non-hydrogen) atoms. The number of para-hydroxylation sites is 1.